The molecule has 22 heteroatoms. The Morgan fingerprint density at radius 2 is 0.836 bits per heavy atom. The average Bonchev–Trinajstić information content (AvgIpc) is 3.06. The number of carboxylic acids is 3. The molecule has 9 atom stereocenters. The molecule has 0 saturated heterocycles. The first-order valence-corrected chi connectivity index (χ1v) is 17.6. The molecule has 0 saturated carbocycles. The number of rotatable bonds is 26. The van der Waals surface area contributed by atoms with Crippen LogP contribution in [0.3, 0.4) is 0 Å². The maximum Gasteiger partial charge on any atom is 0.326 e. The van der Waals surface area contributed by atoms with Crippen LogP contribution in [-0.4, -0.2) is 145 Å². The van der Waals surface area contributed by atoms with Crippen molar-refractivity contribution in [1.29, 1.82) is 0 Å². The molecule has 0 aromatic rings. The normalized spacial score (nSPS) is 16.1. The van der Waals surface area contributed by atoms with Gasteiger partial charge in [-0.1, -0.05) is 27.7 Å². The van der Waals surface area contributed by atoms with Crippen molar-refractivity contribution >= 4 is 53.4 Å². The molecule has 0 aliphatic carbocycles. The first kappa shape index (κ1) is 50.1. The van der Waals surface area contributed by atoms with Gasteiger partial charge in [-0.05, 0) is 51.4 Å². The number of amides is 6. The molecule has 0 rings (SSSR count). The highest BCUT2D eigenvalue weighted by molar-refractivity contribution is 5.97. The Kier molecular flexibility index (Phi) is 22.3. The van der Waals surface area contributed by atoms with Crippen molar-refractivity contribution in [3.63, 3.8) is 0 Å². The Hall–Kier alpha value is -4.93. The van der Waals surface area contributed by atoms with E-state index in [2.05, 4.69) is 31.9 Å². The summed E-state index contributed by atoms with van der Waals surface area (Å²) >= 11 is 0. The highest BCUT2D eigenvalue weighted by Crippen LogP contribution is 2.09. The molecule has 0 aliphatic rings. The lowest BCUT2D eigenvalue weighted by molar-refractivity contribution is -0.143. The topological polar surface area (TPSA) is 373 Å². The van der Waals surface area contributed by atoms with Crippen LogP contribution in [0.2, 0.25) is 0 Å². The van der Waals surface area contributed by atoms with Crippen LogP contribution < -0.4 is 37.6 Å². The third-order valence-corrected chi connectivity index (χ3v) is 7.88. The molecular weight excluding hydrogens is 734 g/mol. The number of carbonyl (C=O) groups is 9. The molecule has 0 aromatic heterocycles. The summed E-state index contributed by atoms with van der Waals surface area (Å²) in [5, 5.41) is 71.5. The summed E-state index contributed by atoms with van der Waals surface area (Å²) in [5.74, 6) is -11.1. The molecule has 0 spiro atoms. The Morgan fingerprint density at radius 1 is 0.491 bits per heavy atom. The van der Waals surface area contributed by atoms with E-state index < -0.39 is 140 Å². The van der Waals surface area contributed by atoms with Crippen LogP contribution in [0.4, 0.5) is 0 Å². The van der Waals surface area contributed by atoms with Crippen LogP contribution in [0, 0.1) is 11.8 Å². The number of aliphatic hydroxyl groups is 3. The standard InChI is InChI=1S/C33H57N7O15/c1-14(2)11-18(34)27(48)38-22(13-41)30(51)35-19(7-9-23(44)45)28(49)39-25(16(5)42)31(52)36-20(8-10-24(46)47)29(50)40-26(17(6)43)32(53)37-21(33(54)55)12-15(3)4/h14-22,25-26,41-43H,7-13,34H2,1-6H3,(H,35,51)(H,36,52)(H,37,53)(H,38,48)(H,39,49)(H,40,50)(H,44,45)(H,46,47)(H,54,55)/t16?,17?,18-,19-,20-,21+,22-,25-,26-/m0/s1. The molecule has 0 radical (unpaired) electrons. The van der Waals surface area contributed by atoms with Crippen molar-refractivity contribution in [2.45, 2.75) is 135 Å². The molecule has 0 aromatic carbocycles. The number of carbonyl (C=O) groups excluding carboxylic acids is 6. The average molecular weight is 792 g/mol. The third kappa shape index (κ3) is 19.3. The van der Waals surface area contributed by atoms with Gasteiger partial charge in [0, 0.05) is 12.8 Å². The van der Waals surface area contributed by atoms with Gasteiger partial charge in [0.2, 0.25) is 35.4 Å². The van der Waals surface area contributed by atoms with E-state index in [1.54, 1.807) is 27.7 Å². The van der Waals surface area contributed by atoms with E-state index in [4.69, 9.17) is 5.73 Å². The number of aliphatic hydroxyl groups excluding tert-OH is 3. The Labute approximate surface area is 317 Å². The molecule has 314 valence electrons. The lowest BCUT2D eigenvalue weighted by Gasteiger charge is -2.28. The molecular formula is C33H57N7O15. The van der Waals surface area contributed by atoms with Crippen LogP contribution in [0.15, 0.2) is 0 Å². The molecule has 55 heavy (non-hydrogen) atoms. The van der Waals surface area contributed by atoms with E-state index in [1.807, 2.05) is 0 Å². The van der Waals surface area contributed by atoms with Crippen molar-refractivity contribution in [2.75, 3.05) is 6.61 Å². The second kappa shape index (κ2) is 24.5. The summed E-state index contributed by atoms with van der Waals surface area (Å²) in [6.45, 7) is 8.18. The van der Waals surface area contributed by atoms with E-state index >= 15 is 0 Å². The fourth-order valence-corrected chi connectivity index (χ4v) is 4.97. The van der Waals surface area contributed by atoms with Gasteiger partial charge in [-0.15, -0.1) is 0 Å². The largest absolute Gasteiger partial charge is 0.481 e. The van der Waals surface area contributed by atoms with E-state index in [0.29, 0.717) is 0 Å². The lowest BCUT2D eigenvalue weighted by atomic mass is 10.0. The molecule has 0 aliphatic heterocycles. The molecule has 0 bridgehead atoms. The predicted octanol–water partition coefficient (Wildman–Crippen LogP) is -4.12. The van der Waals surface area contributed by atoms with Gasteiger partial charge in [-0.25, -0.2) is 4.79 Å². The smallest absolute Gasteiger partial charge is 0.326 e. The van der Waals surface area contributed by atoms with Crippen LogP contribution >= 0.6 is 0 Å². The van der Waals surface area contributed by atoms with Crippen LogP contribution in [-0.2, 0) is 43.2 Å². The first-order chi connectivity index (χ1) is 25.4. The highest BCUT2D eigenvalue weighted by atomic mass is 16.4. The number of aliphatic carboxylic acids is 3. The summed E-state index contributed by atoms with van der Waals surface area (Å²) in [6.07, 6.45) is -5.73. The minimum Gasteiger partial charge on any atom is -0.481 e. The SMILES string of the molecule is CC(C)C[C@H](N)C(=O)N[C@@H](CO)C(=O)N[C@@H](CCC(=O)O)C(=O)N[C@H](C(=O)N[C@@H](CCC(=O)O)C(=O)N[C@H](C(=O)N[C@H](CC(C)C)C(=O)O)C(C)O)C(C)O. The van der Waals surface area contributed by atoms with Gasteiger partial charge in [0.15, 0.2) is 0 Å². The van der Waals surface area contributed by atoms with E-state index in [-0.39, 0.29) is 24.7 Å². The fraction of sp³-hybridized carbons (Fsp3) is 0.727. The zero-order chi connectivity index (χ0) is 42.7. The maximum atomic E-state index is 13.4. The summed E-state index contributed by atoms with van der Waals surface area (Å²) < 4.78 is 0. The van der Waals surface area contributed by atoms with Gasteiger partial charge in [0.25, 0.3) is 0 Å². The molecule has 0 heterocycles. The summed E-state index contributed by atoms with van der Waals surface area (Å²) in [6, 6.07) is -11.3. The second-order valence-corrected chi connectivity index (χ2v) is 13.9. The predicted molar refractivity (Wildman–Crippen MR) is 190 cm³/mol. The van der Waals surface area contributed by atoms with Crippen molar-refractivity contribution in [3.8, 4) is 0 Å². The third-order valence-electron chi connectivity index (χ3n) is 7.88. The summed E-state index contributed by atoms with van der Waals surface area (Å²) in [7, 11) is 0. The number of hydrogen-bond acceptors (Lipinski definition) is 13. The van der Waals surface area contributed by atoms with Gasteiger partial charge >= 0.3 is 17.9 Å². The van der Waals surface area contributed by atoms with E-state index in [1.165, 1.54) is 0 Å². The second-order valence-electron chi connectivity index (χ2n) is 13.9. The maximum absolute atomic E-state index is 13.4. The van der Waals surface area contributed by atoms with Crippen LogP contribution in [0.1, 0.15) is 80.1 Å². The van der Waals surface area contributed by atoms with Crippen molar-refractivity contribution in [2.24, 2.45) is 17.6 Å². The minimum atomic E-state index is -1.93. The number of nitrogens with two attached hydrogens (primary N) is 1. The van der Waals surface area contributed by atoms with Gasteiger partial charge < -0.3 is 68.3 Å². The molecule has 0 fully saturated rings. The van der Waals surface area contributed by atoms with Crippen LogP contribution in [0.5, 0.6) is 0 Å². The van der Waals surface area contributed by atoms with Crippen molar-refractivity contribution in [1.82, 2.24) is 31.9 Å². The Balaban J connectivity index is 6.22. The molecule has 6 amide bonds. The quantitative estimate of drug-likeness (QED) is 0.0396. The zero-order valence-corrected chi connectivity index (χ0v) is 31.7. The van der Waals surface area contributed by atoms with E-state index in [0.717, 1.165) is 13.8 Å². The number of nitrogens with one attached hydrogen (secondary N) is 6. The van der Waals surface area contributed by atoms with Gasteiger partial charge in [-0.3, -0.25) is 38.4 Å². The Bertz CT molecular complexity index is 1360. The highest BCUT2D eigenvalue weighted by Gasteiger charge is 2.36. The molecule has 14 N–H and O–H groups in total. The zero-order valence-electron chi connectivity index (χ0n) is 31.7. The molecule has 2 unspecified atom stereocenters. The monoisotopic (exact) mass is 791 g/mol. The number of hydrogen-bond donors (Lipinski definition) is 13. The van der Waals surface area contributed by atoms with Crippen molar-refractivity contribution in [3.05, 3.63) is 0 Å². The van der Waals surface area contributed by atoms with Gasteiger partial charge in [0.1, 0.15) is 36.3 Å². The first-order valence-electron chi connectivity index (χ1n) is 17.6. The lowest BCUT2D eigenvalue weighted by Crippen LogP contribution is -2.62. The number of carboxylic acid groups (broad SMARTS) is 3. The summed E-state index contributed by atoms with van der Waals surface area (Å²) in [4.78, 5) is 113. The van der Waals surface area contributed by atoms with Crippen LogP contribution in [0.25, 0.3) is 0 Å². The van der Waals surface area contributed by atoms with Gasteiger partial charge in [-0.2, -0.15) is 0 Å². The van der Waals surface area contributed by atoms with Crippen molar-refractivity contribution < 1.29 is 73.8 Å². The summed E-state index contributed by atoms with van der Waals surface area (Å²) in [5.41, 5.74) is 5.82. The fourth-order valence-electron chi connectivity index (χ4n) is 4.97. The Morgan fingerprint density at radius 3 is 1.16 bits per heavy atom. The molecule has 22 nitrogen and oxygen atoms in total. The minimum absolute atomic E-state index is 0.00211. The van der Waals surface area contributed by atoms with E-state index in [9.17, 15) is 73.8 Å². The van der Waals surface area contributed by atoms with Gasteiger partial charge in [0.05, 0.1) is 24.9 Å².